The van der Waals surface area contributed by atoms with Gasteiger partial charge in [-0.15, -0.1) is 0 Å². The maximum Gasteiger partial charge on any atom is 0.200 e. The quantitative estimate of drug-likeness (QED) is 0.389. The van der Waals surface area contributed by atoms with Crippen molar-refractivity contribution in [2.75, 3.05) is 11.9 Å². The van der Waals surface area contributed by atoms with Gasteiger partial charge in [-0.3, -0.25) is 0 Å². The molecule has 2 unspecified atom stereocenters. The van der Waals surface area contributed by atoms with E-state index in [0.29, 0.717) is 6.61 Å². The minimum absolute atomic E-state index is 0.0714. The second-order valence-corrected chi connectivity index (χ2v) is 4.51. The molecular formula is C11H21BrO3. The van der Waals surface area contributed by atoms with Crippen LogP contribution in [-0.2, 0) is 14.2 Å². The van der Waals surface area contributed by atoms with Crippen molar-refractivity contribution in [3.63, 3.8) is 0 Å². The van der Waals surface area contributed by atoms with E-state index in [1.807, 2.05) is 27.7 Å². The second-order valence-electron chi connectivity index (χ2n) is 3.86. The first-order valence-electron chi connectivity index (χ1n) is 5.07. The molecule has 15 heavy (non-hydrogen) atoms. The number of hydrogen-bond acceptors (Lipinski definition) is 3. The van der Waals surface area contributed by atoms with Crippen LogP contribution in [0.3, 0.4) is 0 Å². The molecule has 0 radical (unpaired) electrons. The maximum atomic E-state index is 5.76. The first kappa shape index (κ1) is 14.9. The van der Waals surface area contributed by atoms with E-state index in [1.54, 1.807) is 0 Å². The summed E-state index contributed by atoms with van der Waals surface area (Å²) in [5.41, 5.74) is 0. The summed E-state index contributed by atoms with van der Waals surface area (Å²) in [6.45, 7) is 11.6. The van der Waals surface area contributed by atoms with E-state index >= 15 is 0 Å². The fourth-order valence-electron chi connectivity index (χ4n) is 1.26. The third-order valence-corrected chi connectivity index (χ3v) is 2.53. The molecule has 0 aromatic heterocycles. The van der Waals surface area contributed by atoms with E-state index in [9.17, 15) is 0 Å². The molecule has 0 amide bonds. The Morgan fingerprint density at radius 3 is 2.33 bits per heavy atom. The van der Waals surface area contributed by atoms with Crippen molar-refractivity contribution >= 4 is 15.9 Å². The zero-order valence-electron chi connectivity index (χ0n) is 9.96. The summed E-state index contributed by atoms with van der Waals surface area (Å²) in [6.07, 6.45) is 1.55. The molecule has 0 N–H and O–H groups in total. The smallest absolute Gasteiger partial charge is 0.200 e. The van der Waals surface area contributed by atoms with Gasteiger partial charge in [0.1, 0.15) is 6.61 Å². The van der Waals surface area contributed by atoms with Gasteiger partial charge >= 0.3 is 0 Å². The van der Waals surface area contributed by atoms with Crippen LogP contribution in [0, 0.1) is 0 Å². The highest BCUT2D eigenvalue weighted by Crippen LogP contribution is 2.19. The zero-order chi connectivity index (χ0) is 11.9. The van der Waals surface area contributed by atoms with Crippen LogP contribution in [0.25, 0.3) is 0 Å². The summed E-state index contributed by atoms with van der Waals surface area (Å²) < 4.78 is 16.6. The van der Waals surface area contributed by atoms with Gasteiger partial charge in [0.2, 0.25) is 0 Å². The van der Waals surface area contributed by atoms with Gasteiger partial charge in [0.25, 0.3) is 0 Å². The van der Waals surface area contributed by atoms with E-state index in [-0.39, 0.29) is 12.2 Å². The van der Waals surface area contributed by atoms with Gasteiger partial charge < -0.3 is 14.2 Å². The molecule has 3 nitrogen and oxygen atoms in total. The molecule has 0 spiro atoms. The van der Waals surface area contributed by atoms with E-state index in [1.165, 1.54) is 6.26 Å². The lowest BCUT2D eigenvalue weighted by Crippen LogP contribution is -2.42. The van der Waals surface area contributed by atoms with Crippen LogP contribution < -0.4 is 0 Å². The molecule has 0 heterocycles. The summed E-state index contributed by atoms with van der Waals surface area (Å²) in [4.78, 5) is 0. The Bertz CT molecular complexity index is 185. The predicted molar refractivity (Wildman–Crippen MR) is 65.1 cm³/mol. The third-order valence-electron chi connectivity index (χ3n) is 1.62. The summed E-state index contributed by atoms with van der Waals surface area (Å²) in [7, 11) is 0. The molecule has 0 saturated heterocycles. The molecule has 0 aliphatic carbocycles. The van der Waals surface area contributed by atoms with Crippen LogP contribution in [-0.4, -0.2) is 29.9 Å². The third kappa shape index (κ3) is 6.93. The fourth-order valence-corrected chi connectivity index (χ4v) is 1.39. The van der Waals surface area contributed by atoms with Crippen LogP contribution in [0.4, 0.5) is 0 Å². The van der Waals surface area contributed by atoms with Gasteiger partial charge in [-0.25, -0.2) is 0 Å². The molecule has 0 rings (SSSR count). The lowest BCUT2D eigenvalue weighted by molar-refractivity contribution is -0.272. The van der Waals surface area contributed by atoms with E-state index in [2.05, 4.69) is 22.5 Å². The molecule has 0 aliphatic heterocycles. The van der Waals surface area contributed by atoms with Gasteiger partial charge in [-0.2, -0.15) is 0 Å². The standard InChI is InChI=1S/C11H21BrO3/c1-6-13-8-11(5,14-9(2)3)15-10(4)7-12/h6,9-10H,1,7-8H2,2-5H3. The van der Waals surface area contributed by atoms with Crippen molar-refractivity contribution in [3.8, 4) is 0 Å². The largest absolute Gasteiger partial charge is 0.496 e. The van der Waals surface area contributed by atoms with Crippen molar-refractivity contribution in [2.24, 2.45) is 0 Å². The van der Waals surface area contributed by atoms with Gasteiger partial charge in [-0.1, -0.05) is 22.5 Å². The normalized spacial score (nSPS) is 17.2. The molecule has 90 valence electrons. The van der Waals surface area contributed by atoms with E-state index < -0.39 is 5.79 Å². The predicted octanol–water partition coefficient (Wildman–Crippen LogP) is 3.09. The fraction of sp³-hybridized carbons (Fsp3) is 0.818. The molecule has 2 atom stereocenters. The highest BCUT2D eigenvalue weighted by Gasteiger charge is 2.30. The number of hydrogen-bond donors (Lipinski definition) is 0. The number of alkyl halides is 1. The van der Waals surface area contributed by atoms with Crippen LogP contribution in [0.15, 0.2) is 12.8 Å². The zero-order valence-corrected chi connectivity index (χ0v) is 11.5. The SMILES string of the molecule is C=COCC(C)(OC(C)C)OC(C)CBr. The van der Waals surface area contributed by atoms with Crippen molar-refractivity contribution in [1.29, 1.82) is 0 Å². The first-order chi connectivity index (χ1) is 6.93. The lowest BCUT2D eigenvalue weighted by atomic mass is 10.3. The Morgan fingerprint density at radius 2 is 1.93 bits per heavy atom. The Labute approximate surface area is 101 Å². The monoisotopic (exact) mass is 280 g/mol. The molecule has 0 aromatic carbocycles. The van der Waals surface area contributed by atoms with Crippen LogP contribution >= 0.6 is 15.9 Å². The van der Waals surface area contributed by atoms with Crippen LogP contribution in [0.2, 0.25) is 0 Å². The number of ether oxygens (including phenoxy) is 3. The molecule has 0 fully saturated rings. The summed E-state index contributed by atoms with van der Waals surface area (Å²) in [5.74, 6) is -0.727. The van der Waals surface area contributed by atoms with Crippen molar-refractivity contribution in [1.82, 2.24) is 0 Å². The topological polar surface area (TPSA) is 27.7 Å². The lowest BCUT2D eigenvalue weighted by Gasteiger charge is -2.33. The van der Waals surface area contributed by atoms with Crippen molar-refractivity contribution < 1.29 is 14.2 Å². The maximum absolute atomic E-state index is 5.76. The summed E-state index contributed by atoms with van der Waals surface area (Å²) in [5, 5.41) is 0.762. The van der Waals surface area contributed by atoms with Crippen LogP contribution in [0.5, 0.6) is 0 Å². The van der Waals surface area contributed by atoms with E-state index in [0.717, 1.165) is 5.33 Å². The Hall–Kier alpha value is -0.0600. The first-order valence-corrected chi connectivity index (χ1v) is 6.19. The second kappa shape index (κ2) is 7.25. The molecule has 0 aromatic rings. The highest BCUT2D eigenvalue weighted by atomic mass is 79.9. The Kier molecular flexibility index (Phi) is 7.22. The highest BCUT2D eigenvalue weighted by molar-refractivity contribution is 9.09. The Morgan fingerprint density at radius 1 is 1.33 bits per heavy atom. The summed E-state index contributed by atoms with van der Waals surface area (Å²) >= 11 is 3.36. The average molecular weight is 281 g/mol. The van der Waals surface area contributed by atoms with Crippen molar-refractivity contribution in [2.45, 2.75) is 45.7 Å². The molecule has 0 bridgehead atoms. The van der Waals surface area contributed by atoms with E-state index in [4.69, 9.17) is 14.2 Å². The van der Waals surface area contributed by atoms with Gasteiger partial charge in [-0.05, 0) is 27.7 Å². The van der Waals surface area contributed by atoms with Gasteiger partial charge in [0, 0.05) is 5.33 Å². The average Bonchev–Trinajstić information content (AvgIpc) is 2.13. The van der Waals surface area contributed by atoms with Gasteiger partial charge in [0.15, 0.2) is 5.79 Å². The minimum Gasteiger partial charge on any atom is -0.496 e. The number of rotatable bonds is 8. The minimum atomic E-state index is -0.727. The molecule has 4 heteroatoms. The van der Waals surface area contributed by atoms with Crippen molar-refractivity contribution in [3.05, 3.63) is 12.8 Å². The Balaban J connectivity index is 4.31. The molecule has 0 saturated carbocycles. The van der Waals surface area contributed by atoms with Crippen LogP contribution in [0.1, 0.15) is 27.7 Å². The summed E-state index contributed by atoms with van der Waals surface area (Å²) in [6, 6.07) is 0. The number of halogens is 1. The molecule has 0 aliphatic rings. The van der Waals surface area contributed by atoms with Gasteiger partial charge in [0.05, 0.1) is 18.5 Å². The molecular weight excluding hydrogens is 260 g/mol.